The highest BCUT2D eigenvalue weighted by Gasteiger charge is 2.34. The number of amides is 2. The first kappa shape index (κ1) is 17.0. The lowest BCUT2D eigenvalue weighted by molar-refractivity contribution is -0.126. The van der Waals surface area contributed by atoms with Crippen molar-refractivity contribution >= 4 is 33.4 Å². The van der Waals surface area contributed by atoms with Crippen LogP contribution < -0.4 is 10.2 Å². The summed E-state index contributed by atoms with van der Waals surface area (Å²) in [6.07, 6.45) is 3.55. The maximum absolute atomic E-state index is 12.2. The molecule has 0 bridgehead atoms. The van der Waals surface area contributed by atoms with Crippen LogP contribution in [0.2, 0.25) is 0 Å². The molecule has 1 aromatic rings. The predicted molar refractivity (Wildman–Crippen MR) is 91.9 cm³/mol. The van der Waals surface area contributed by atoms with Crippen LogP contribution in [0.4, 0.5) is 5.69 Å². The molecule has 1 saturated heterocycles. The molecule has 1 fully saturated rings. The van der Waals surface area contributed by atoms with Gasteiger partial charge in [0, 0.05) is 29.7 Å². The van der Waals surface area contributed by atoms with Crippen molar-refractivity contribution in [2.75, 3.05) is 18.0 Å². The Morgan fingerprint density at radius 3 is 2.86 bits per heavy atom. The first-order valence-electron chi connectivity index (χ1n) is 7.87. The molecule has 4 nitrogen and oxygen atoms in total. The molecule has 0 spiro atoms. The van der Waals surface area contributed by atoms with Crippen LogP contribution in [0.1, 0.15) is 38.2 Å². The van der Waals surface area contributed by atoms with E-state index in [0.29, 0.717) is 19.5 Å². The van der Waals surface area contributed by atoms with E-state index >= 15 is 0 Å². The van der Waals surface area contributed by atoms with Gasteiger partial charge in [-0.1, -0.05) is 35.7 Å². The van der Waals surface area contributed by atoms with Gasteiger partial charge in [0.15, 0.2) is 0 Å². The van der Waals surface area contributed by atoms with Crippen molar-refractivity contribution in [2.24, 2.45) is 5.92 Å². The standard InChI is InChI=1S/C17H23BrN2O2/c1-3-4-5-8-19-17(22)13-10-16(21)20(11-13)14-6-7-15(18)12(2)9-14/h6-7,9,13H,3-5,8,10-11H2,1-2H3,(H,19,22). The summed E-state index contributed by atoms with van der Waals surface area (Å²) in [5.41, 5.74) is 1.95. The number of halogens is 1. The summed E-state index contributed by atoms with van der Waals surface area (Å²) in [7, 11) is 0. The molecule has 22 heavy (non-hydrogen) atoms. The number of nitrogens with zero attached hydrogens (tertiary/aromatic N) is 1. The van der Waals surface area contributed by atoms with Crippen molar-refractivity contribution in [3.8, 4) is 0 Å². The topological polar surface area (TPSA) is 49.4 Å². The molecule has 0 aromatic heterocycles. The van der Waals surface area contributed by atoms with Gasteiger partial charge in [-0.25, -0.2) is 0 Å². The smallest absolute Gasteiger partial charge is 0.227 e. The molecule has 0 saturated carbocycles. The normalized spacial score (nSPS) is 17.9. The van der Waals surface area contributed by atoms with E-state index in [9.17, 15) is 9.59 Å². The van der Waals surface area contributed by atoms with Crippen LogP contribution in [-0.2, 0) is 9.59 Å². The third-order valence-electron chi connectivity index (χ3n) is 4.03. The Bertz CT molecular complexity index is 560. The van der Waals surface area contributed by atoms with Gasteiger partial charge in [-0.05, 0) is 37.1 Å². The summed E-state index contributed by atoms with van der Waals surface area (Å²) in [6, 6.07) is 5.83. The number of benzene rings is 1. The zero-order chi connectivity index (χ0) is 16.1. The Kier molecular flexibility index (Phi) is 6.00. The summed E-state index contributed by atoms with van der Waals surface area (Å²) >= 11 is 3.46. The molecule has 1 N–H and O–H groups in total. The summed E-state index contributed by atoms with van der Waals surface area (Å²) in [5.74, 6) is -0.214. The summed E-state index contributed by atoms with van der Waals surface area (Å²) < 4.78 is 1.02. The Balaban J connectivity index is 1.95. The van der Waals surface area contributed by atoms with E-state index in [1.807, 2.05) is 25.1 Å². The number of carbonyl (C=O) groups is 2. The molecular formula is C17H23BrN2O2. The minimum Gasteiger partial charge on any atom is -0.356 e. The quantitative estimate of drug-likeness (QED) is 0.784. The van der Waals surface area contributed by atoms with Crippen molar-refractivity contribution in [2.45, 2.75) is 39.5 Å². The molecule has 0 radical (unpaired) electrons. The Labute approximate surface area is 140 Å². The fourth-order valence-electron chi connectivity index (χ4n) is 2.66. The predicted octanol–water partition coefficient (Wildman–Crippen LogP) is 3.42. The van der Waals surface area contributed by atoms with Crippen LogP contribution >= 0.6 is 15.9 Å². The number of rotatable bonds is 6. The van der Waals surface area contributed by atoms with Gasteiger partial charge >= 0.3 is 0 Å². The minimum absolute atomic E-state index is 0.000728. The highest BCUT2D eigenvalue weighted by Crippen LogP contribution is 2.28. The van der Waals surface area contributed by atoms with E-state index in [0.717, 1.165) is 35.0 Å². The van der Waals surface area contributed by atoms with Crippen LogP contribution in [0.25, 0.3) is 0 Å². The number of hydrogen-bond acceptors (Lipinski definition) is 2. The van der Waals surface area contributed by atoms with Crippen molar-refractivity contribution in [3.63, 3.8) is 0 Å². The molecule has 120 valence electrons. The Hall–Kier alpha value is -1.36. The Morgan fingerprint density at radius 1 is 1.41 bits per heavy atom. The molecule has 1 aliphatic heterocycles. The number of carbonyl (C=O) groups excluding carboxylic acids is 2. The number of hydrogen-bond donors (Lipinski definition) is 1. The second-order valence-electron chi connectivity index (χ2n) is 5.84. The van der Waals surface area contributed by atoms with Gasteiger partial charge in [0.2, 0.25) is 11.8 Å². The van der Waals surface area contributed by atoms with Gasteiger partial charge < -0.3 is 10.2 Å². The molecule has 1 heterocycles. The number of unbranched alkanes of at least 4 members (excludes halogenated alkanes) is 2. The first-order chi connectivity index (χ1) is 10.5. The van der Waals surface area contributed by atoms with E-state index in [1.54, 1.807) is 4.90 Å². The molecule has 1 unspecified atom stereocenters. The third-order valence-corrected chi connectivity index (χ3v) is 4.92. The fourth-order valence-corrected chi connectivity index (χ4v) is 2.91. The van der Waals surface area contributed by atoms with E-state index in [1.165, 1.54) is 0 Å². The molecule has 1 atom stereocenters. The summed E-state index contributed by atoms with van der Waals surface area (Å²) in [4.78, 5) is 26.1. The highest BCUT2D eigenvalue weighted by molar-refractivity contribution is 9.10. The third kappa shape index (κ3) is 4.09. The molecular weight excluding hydrogens is 344 g/mol. The highest BCUT2D eigenvalue weighted by atomic mass is 79.9. The molecule has 1 aliphatic rings. The lowest BCUT2D eigenvalue weighted by Gasteiger charge is -2.17. The van der Waals surface area contributed by atoms with Gasteiger partial charge in [-0.15, -0.1) is 0 Å². The number of nitrogens with one attached hydrogen (secondary N) is 1. The van der Waals surface area contributed by atoms with Crippen LogP contribution in [0, 0.1) is 12.8 Å². The van der Waals surface area contributed by atoms with Gasteiger partial charge in [-0.3, -0.25) is 9.59 Å². The second kappa shape index (κ2) is 7.77. The van der Waals surface area contributed by atoms with Crippen LogP contribution in [0.15, 0.2) is 22.7 Å². The lowest BCUT2D eigenvalue weighted by Crippen LogP contribution is -2.33. The average Bonchev–Trinajstić information content (AvgIpc) is 2.88. The lowest BCUT2D eigenvalue weighted by atomic mass is 10.1. The SMILES string of the molecule is CCCCCNC(=O)C1CC(=O)N(c2ccc(Br)c(C)c2)C1. The van der Waals surface area contributed by atoms with Gasteiger partial charge in [0.25, 0.3) is 0 Å². The fraction of sp³-hybridized carbons (Fsp3) is 0.529. The van der Waals surface area contributed by atoms with Crippen molar-refractivity contribution < 1.29 is 9.59 Å². The molecule has 2 amide bonds. The maximum atomic E-state index is 12.2. The zero-order valence-electron chi connectivity index (χ0n) is 13.2. The summed E-state index contributed by atoms with van der Waals surface area (Å²) in [5, 5.41) is 2.95. The van der Waals surface area contributed by atoms with Crippen LogP contribution in [0.5, 0.6) is 0 Å². The van der Waals surface area contributed by atoms with E-state index in [2.05, 4.69) is 28.2 Å². The van der Waals surface area contributed by atoms with Crippen molar-refractivity contribution in [1.82, 2.24) is 5.32 Å². The van der Waals surface area contributed by atoms with Crippen molar-refractivity contribution in [3.05, 3.63) is 28.2 Å². The number of aryl methyl sites for hydroxylation is 1. The first-order valence-corrected chi connectivity index (χ1v) is 8.66. The number of anilines is 1. The van der Waals surface area contributed by atoms with E-state index < -0.39 is 0 Å². The van der Waals surface area contributed by atoms with Gasteiger partial charge in [-0.2, -0.15) is 0 Å². The maximum Gasteiger partial charge on any atom is 0.227 e. The monoisotopic (exact) mass is 366 g/mol. The van der Waals surface area contributed by atoms with E-state index in [-0.39, 0.29) is 17.7 Å². The summed E-state index contributed by atoms with van der Waals surface area (Å²) in [6.45, 7) is 5.30. The van der Waals surface area contributed by atoms with Gasteiger partial charge in [0.1, 0.15) is 0 Å². The Morgan fingerprint density at radius 2 is 2.18 bits per heavy atom. The molecule has 5 heteroatoms. The minimum atomic E-state index is -0.238. The van der Waals surface area contributed by atoms with Crippen LogP contribution in [-0.4, -0.2) is 24.9 Å². The largest absolute Gasteiger partial charge is 0.356 e. The van der Waals surface area contributed by atoms with Gasteiger partial charge in [0.05, 0.1) is 5.92 Å². The van der Waals surface area contributed by atoms with E-state index in [4.69, 9.17) is 0 Å². The zero-order valence-corrected chi connectivity index (χ0v) is 14.8. The molecule has 1 aromatic carbocycles. The van der Waals surface area contributed by atoms with Crippen LogP contribution in [0.3, 0.4) is 0 Å². The van der Waals surface area contributed by atoms with Crippen molar-refractivity contribution in [1.29, 1.82) is 0 Å². The molecule has 2 rings (SSSR count). The second-order valence-corrected chi connectivity index (χ2v) is 6.69. The molecule has 0 aliphatic carbocycles. The average molecular weight is 367 g/mol.